The van der Waals surface area contributed by atoms with Crippen molar-refractivity contribution < 1.29 is 14.3 Å². The first-order valence-corrected chi connectivity index (χ1v) is 14.4. The van der Waals surface area contributed by atoms with Gasteiger partial charge in [0.2, 0.25) is 0 Å². The molecule has 1 unspecified atom stereocenters. The van der Waals surface area contributed by atoms with Gasteiger partial charge in [-0.1, -0.05) is 63.1 Å². The lowest BCUT2D eigenvalue weighted by Crippen LogP contribution is -2.34. The van der Waals surface area contributed by atoms with Crippen LogP contribution in [0.3, 0.4) is 0 Å². The molecule has 0 aliphatic carbocycles. The first-order valence-electron chi connectivity index (χ1n) is 14.4. The summed E-state index contributed by atoms with van der Waals surface area (Å²) in [6, 6.07) is 28.3. The molecule has 0 saturated carbocycles. The molecule has 4 aromatic carbocycles. The summed E-state index contributed by atoms with van der Waals surface area (Å²) in [5.41, 5.74) is 5.94. The monoisotopic (exact) mass is 532 g/mol. The first-order chi connectivity index (χ1) is 19.5. The van der Waals surface area contributed by atoms with E-state index in [9.17, 15) is 4.79 Å². The maximum atomic E-state index is 13.4. The molecular formula is C35H36N2O3. The van der Waals surface area contributed by atoms with Crippen molar-refractivity contribution in [3.05, 3.63) is 113 Å². The minimum absolute atomic E-state index is 0.322. The lowest BCUT2D eigenvalue weighted by molar-refractivity contribution is 0.0227. The lowest BCUT2D eigenvalue weighted by atomic mass is 9.76. The summed E-state index contributed by atoms with van der Waals surface area (Å²) >= 11 is 0. The minimum Gasteiger partial charge on any atom is -0.456 e. The fraction of sp³-hybridized carbons (Fsp3) is 0.286. The smallest absolute Gasteiger partial charge is 0.340 e. The highest BCUT2D eigenvalue weighted by Gasteiger charge is 2.54. The third-order valence-electron chi connectivity index (χ3n) is 7.92. The number of carbonyl (C=O) groups excluding carboxylic acids is 1. The molecule has 1 atom stereocenters. The van der Waals surface area contributed by atoms with Crippen LogP contribution in [0.25, 0.3) is 0 Å². The van der Waals surface area contributed by atoms with E-state index in [0.29, 0.717) is 11.3 Å². The van der Waals surface area contributed by atoms with Crippen LogP contribution in [0.4, 0.5) is 17.1 Å². The number of ether oxygens (including phenoxy) is 2. The predicted octanol–water partition coefficient (Wildman–Crippen LogP) is 8.71. The molecule has 1 N–H and O–H groups in total. The summed E-state index contributed by atoms with van der Waals surface area (Å²) in [4.78, 5) is 15.9. The molecule has 0 aromatic heterocycles. The number of esters is 1. The Labute approximate surface area is 236 Å². The van der Waals surface area contributed by atoms with Crippen molar-refractivity contribution in [2.75, 3.05) is 23.3 Å². The van der Waals surface area contributed by atoms with E-state index in [1.54, 1.807) is 0 Å². The molecule has 0 radical (unpaired) electrons. The van der Waals surface area contributed by atoms with E-state index in [1.165, 1.54) is 0 Å². The van der Waals surface area contributed by atoms with Gasteiger partial charge in [-0.05, 0) is 67.8 Å². The fourth-order valence-corrected chi connectivity index (χ4v) is 5.98. The van der Waals surface area contributed by atoms with Crippen LogP contribution in [0.5, 0.6) is 11.5 Å². The largest absolute Gasteiger partial charge is 0.456 e. The zero-order valence-electron chi connectivity index (χ0n) is 23.5. The Balaban J connectivity index is 1.56. The quantitative estimate of drug-likeness (QED) is 0.219. The Hall–Kier alpha value is -4.25. The Morgan fingerprint density at radius 3 is 2.27 bits per heavy atom. The molecule has 4 aromatic rings. The number of unbranched alkanes of at least 4 members (excludes halogenated alkanes) is 2. The Kier molecular flexibility index (Phi) is 6.97. The summed E-state index contributed by atoms with van der Waals surface area (Å²) in [5.74, 6) is 1.10. The van der Waals surface area contributed by atoms with Crippen molar-refractivity contribution in [1.29, 1.82) is 0 Å². The number of anilines is 3. The number of hydrogen-bond acceptors (Lipinski definition) is 5. The Morgan fingerprint density at radius 2 is 1.52 bits per heavy atom. The molecule has 5 nitrogen and oxygen atoms in total. The highest BCUT2D eigenvalue weighted by atomic mass is 16.6. The molecule has 5 heteroatoms. The van der Waals surface area contributed by atoms with Gasteiger partial charge in [0, 0.05) is 41.7 Å². The zero-order valence-corrected chi connectivity index (χ0v) is 23.5. The van der Waals surface area contributed by atoms with Gasteiger partial charge in [0.25, 0.3) is 0 Å². The molecule has 204 valence electrons. The molecule has 40 heavy (non-hydrogen) atoms. The van der Waals surface area contributed by atoms with E-state index < -0.39 is 5.60 Å². The maximum absolute atomic E-state index is 13.4. The van der Waals surface area contributed by atoms with Crippen LogP contribution in [-0.4, -0.2) is 19.1 Å². The van der Waals surface area contributed by atoms with Gasteiger partial charge in [0.1, 0.15) is 11.5 Å². The predicted molar refractivity (Wildman–Crippen MR) is 161 cm³/mol. The molecule has 0 fully saturated rings. The fourth-order valence-electron chi connectivity index (χ4n) is 5.98. The van der Waals surface area contributed by atoms with E-state index in [2.05, 4.69) is 55.3 Å². The van der Waals surface area contributed by atoms with Gasteiger partial charge in [0.15, 0.2) is 5.60 Å². The van der Waals surface area contributed by atoms with Gasteiger partial charge in [0.05, 0.1) is 16.8 Å². The van der Waals surface area contributed by atoms with Crippen molar-refractivity contribution in [2.45, 2.75) is 52.1 Å². The second-order valence-corrected chi connectivity index (χ2v) is 10.8. The van der Waals surface area contributed by atoms with Gasteiger partial charge >= 0.3 is 5.97 Å². The molecule has 6 rings (SSSR count). The number of carbonyl (C=O) groups is 1. The maximum Gasteiger partial charge on any atom is 0.340 e. The average molecular weight is 533 g/mol. The normalized spacial score (nSPS) is 16.5. The van der Waals surface area contributed by atoms with E-state index in [4.69, 9.17) is 9.47 Å². The summed E-state index contributed by atoms with van der Waals surface area (Å²) in [7, 11) is 0. The van der Waals surface area contributed by atoms with Crippen LogP contribution in [0.2, 0.25) is 0 Å². The van der Waals surface area contributed by atoms with Gasteiger partial charge in [-0.15, -0.1) is 0 Å². The van der Waals surface area contributed by atoms with Gasteiger partial charge in [-0.3, -0.25) is 0 Å². The van der Waals surface area contributed by atoms with Crippen LogP contribution < -0.4 is 15.0 Å². The van der Waals surface area contributed by atoms with Gasteiger partial charge < -0.3 is 19.7 Å². The molecule has 2 heterocycles. The number of fused-ring (bicyclic) bond motifs is 6. The standard InChI is InChI=1S/C35H36N2O3/c1-4-6-19-37(20-7-5-2)26-17-18-29-31(23-26)39-32-22-24(3)21-30(36-25-13-9-8-10-14-25)33(32)35(29)28-16-12-11-15-27(28)34(38)40-35/h8-18,21-23,36H,4-7,19-20H2,1-3H3. The molecule has 2 aliphatic rings. The van der Waals surface area contributed by atoms with Crippen molar-refractivity contribution in [3.63, 3.8) is 0 Å². The number of hydrogen-bond donors (Lipinski definition) is 1. The number of para-hydroxylation sites is 1. The molecule has 0 bridgehead atoms. The van der Waals surface area contributed by atoms with Crippen LogP contribution in [0.15, 0.2) is 84.9 Å². The average Bonchev–Trinajstić information content (AvgIpc) is 3.25. The van der Waals surface area contributed by atoms with Crippen LogP contribution in [-0.2, 0) is 10.3 Å². The third kappa shape index (κ3) is 4.40. The number of benzene rings is 4. The zero-order chi connectivity index (χ0) is 27.7. The van der Waals surface area contributed by atoms with Crippen molar-refractivity contribution in [1.82, 2.24) is 0 Å². The number of nitrogens with one attached hydrogen (secondary N) is 1. The molecule has 1 spiro atoms. The number of rotatable bonds is 9. The molecular weight excluding hydrogens is 496 g/mol. The lowest BCUT2D eigenvalue weighted by Gasteiger charge is -2.39. The topological polar surface area (TPSA) is 50.8 Å². The highest BCUT2D eigenvalue weighted by Crippen LogP contribution is 2.59. The molecule has 0 amide bonds. The minimum atomic E-state index is -1.13. The summed E-state index contributed by atoms with van der Waals surface area (Å²) in [6.45, 7) is 8.51. The second-order valence-electron chi connectivity index (χ2n) is 10.8. The SMILES string of the molecule is CCCCN(CCCC)c1ccc2c(c1)Oc1cc(C)cc(Nc3ccccc3)c1C21OC(=O)c2ccccc21. The summed E-state index contributed by atoms with van der Waals surface area (Å²) in [5, 5.41) is 3.60. The van der Waals surface area contributed by atoms with E-state index in [0.717, 1.165) is 83.8 Å². The van der Waals surface area contributed by atoms with Crippen LogP contribution in [0, 0.1) is 6.92 Å². The van der Waals surface area contributed by atoms with E-state index in [-0.39, 0.29) is 5.97 Å². The Bertz CT molecular complexity index is 1540. The third-order valence-corrected chi connectivity index (χ3v) is 7.92. The summed E-state index contributed by atoms with van der Waals surface area (Å²) < 4.78 is 13.2. The number of aryl methyl sites for hydroxylation is 1. The van der Waals surface area contributed by atoms with E-state index >= 15 is 0 Å². The van der Waals surface area contributed by atoms with Crippen molar-refractivity contribution in [2.24, 2.45) is 0 Å². The molecule has 2 aliphatic heterocycles. The second kappa shape index (κ2) is 10.7. The molecule has 0 saturated heterocycles. The van der Waals surface area contributed by atoms with Gasteiger partial charge in [-0.2, -0.15) is 0 Å². The van der Waals surface area contributed by atoms with E-state index in [1.807, 2.05) is 60.7 Å². The highest BCUT2D eigenvalue weighted by molar-refractivity contribution is 5.98. The Morgan fingerprint density at radius 1 is 0.800 bits per heavy atom. The number of nitrogens with zero attached hydrogens (tertiary/aromatic N) is 1. The van der Waals surface area contributed by atoms with Crippen LogP contribution in [0.1, 0.15) is 72.1 Å². The summed E-state index contributed by atoms with van der Waals surface area (Å²) in [6.07, 6.45) is 4.55. The van der Waals surface area contributed by atoms with Crippen molar-refractivity contribution >= 4 is 23.0 Å². The van der Waals surface area contributed by atoms with Gasteiger partial charge in [-0.25, -0.2) is 4.79 Å². The van der Waals surface area contributed by atoms with Crippen LogP contribution >= 0.6 is 0 Å². The first kappa shape index (κ1) is 26.0. The van der Waals surface area contributed by atoms with Crippen molar-refractivity contribution in [3.8, 4) is 11.5 Å².